The van der Waals surface area contributed by atoms with E-state index in [1.165, 1.54) is 159 Å². The Labute approximate surface area is 407 Å². The molecule has 1 radical (unpaired) electrons. The highest BCUT2D eigenvalue weighted by Crippen LogP contribution is 2.51. The van der Waals surface area contributed by atoms with Gasteiger partial charge in [-0.1, -0.05) is 216 Å². The largest absolute Gasteiger partial charge is 0.494 e. The second-order valence-corrected chi connectivity index (χ2v) is 20.1. The van der Waals surface area contributed by atoms with Gasteiger partial charge < -0.3 is 14.2 Å². The van der Waals surface area contributed by atoms with Crippen molar-refractivity contribution in [3.63, 3.8) is 0 Å². The molecule has 6 heteroatoms. The molecule has 0 amide bonds. The lowest BCUT2D eigenvalue weighted by molar-refractivity contribution is -0.260. The number of carbonyl (C=O) groups excluding carboxylic acids is 1. The highest BCUT2D eigenvalue weighted by Gasteiger charge is 2.52. The molecule has 1 heterocycles. The van der Waals surface area contributed by atoms with Gasteiger partial charge in [-0.3, -0.25) is 0 Å². The van der Waals surface area contributed by atoms with Crippen molar-refractivity contribution in [2.24, 2.45) is 0 Å². The molecular weight excluding hydrogens is 827 g/mol. The Kier molecular flexibility index (Phi) is 24.4. The van der Waals surface area contributed by atoms with Crippen molar-refractivity contribution in [3.8, 4) is 28.4 Å². The van der Waals surface area contributed by atoms with E-state index < -0.39 is 17.0 Å². The lowest BCUT2D eigenvalue weighted by Gasteiger charge is -2.37. The molecule has 0 unspecified atom stereocenters. The molecule has 2 atom stereocenters. The van der Waals surface area contributed by atoms with Crippen molar-refractivity contribution in [1.29, 1.82) is 0 Å². The van der Waals surface area contributed by atoms with Gasteiger partial charge in [-0.05, 0) is 110 Å². The van der Waals surface area contributed by atoms with E-state index in [1.807, 2.05) is 31.2 Å². The lowest BCUT2D eigenvalue weighted by atomic mass is 9.88. The molecule has 67 heavy (non-hydrogen) atoms. The standard InChI is InChI=1S/C61H88NO5/c1-5-7-9-11-13-15-17-19-21-23-25-27-29-49-65-56-41-33-52(34-42-56)51-31-37-54(38-32-51)60(3)47-48-61(4,62(60)64)55-39-45-58(46-40-55)67-59(63)53-35-43-57(44-36-53)66-50-30-28-26-24-22-20-18-16-14-12-10-8-6-2/h31-46H,5-30,47-50H2,1-4H3/t60-,61-/m0/s1. The topological polar surface area (TPSA) is 67.9 Å². The Morgan fingerprint density at radius 1 is 0.418 bits per heavy atom. The van der Waals surface area contributed by atoms with Gasteiger partial charge in [-0.2, -0.15) is 0 Å². The van der Waals surface area contributed by atoms with Gasteiger partial charge in [-0.15, -0.1) is 10.3 Å². The van der Waals surface area contributed by atoms with Gasteiger partial charge in [0.25, 0.3) is 0 Å². The summed E-state index contributed by atoms with van der Waals surface area (Å²) < 4.78 is 17.8. The zero-order valence-electron chi connectivity index (χ0n) is 42.4. The summed E-state index contributed by atoms with van der Waals surface area (Å²) in [5.41, 5.74) is 3.23. The van der Waals surface area contributed by atoms with Gasteiger partial charge in [0.15, 0.2) is 0 Å². The highest BCUT2D eigenvalue weighted by molar-refractivity contribution is 5.91. The molecule has 0 spiro atoms. The zero-order valence-corrected chi connectivity index (χ0v) is 42.4. The number of ether oxygens (including phenoxy) is 3. The molecule has 367 valence electrons. The van der Waals surface area contributed by atoms with Crippen LogP contribution in [0.2, 0.25) is 0 Å². The first-order chi connectivity index (χ1) is 32.8. The first-order valence-corrected chi connectivity index (χ1v) is 27.1. The van der Waals surface area contributed by atoms with E-state index in [0.29, 0.717) is 24.3 Å². The minimum absolute atomic E-state index is 0.422. The molecule has 0 bridgehead atoms. The second kappa shape index (κ2) is 30.4. The van der Waals surface area contributed by atoms with E-state index in [0.717, 1.165) is 59.6 Å². The molecule has 5 rings (SSSR count). The van der Waals surface area contributed by atoms with Crippen LogP contribution in [0.5, 0.6) is 17.2 Å². The molecule has 0 aromatic heterocycles. The van der Waals surface area contributed by atoms with Crippen molar-refractivity contribution >= 4 is 5.97 Å². The average molecular weight is 915 g/mol. The summed E-state index contributed by atoms with van der Waals surface area (Å²) >= 11 is 0. The van der Waals surface area contributed by atoms with Gasteiger partial charge in [0.2, 0.25) is 0 Å². The minimum Gasteiger partial charge on any atom is -0.494 e. The average Bonchev–Trinajstić information content (AvgIpc) is 3.60. The third-order valence-electron chi connectivity index (χ3n) is 14.5. The molecular formula is C61H88NO5. The lowest BCUT2D eigenvalue weighted by Crippen LogP contribution is -2.44. The summed E-state index contributed by atoms with van der Waals surface area (Å²) in [5.74, 6) is 1.70. The Balaban J connectivity index is 0.972. The molecule has 0 saturated carbocycles. The number of nitrogens with zero attached hydrogens (tertiary/aromatic N) is 1. The summed E-state index contributed by atoms with van der Waals surface area (Å²) in [7, 11) is 0. The predicted molar refractivity (Wildman–Crippen MR) is 279 cm³/mol. The van der Waals surface area contributed by atoms with Crippen molar-refractivity contribution in [1.82, 2.24) is 5.06 Å². The van der Waals surface area contributed by atoms with Crippen LogP contribution in [0.15, 0.2) is 97.1 Å². The number of esters is 1. The Bertz CT molecular complexity index is 1910. The van der Waals surface area contributed by atoms with Crippen molar-refractivity contribution < 1.29 is 24.2 Å². The zero-order chi connectivity index (χ0) is 47.4. The van der Waals surface area contributed by atoms with Gasteiger partial charge in [0.1, 0.15) is 17.2 Å². The summed E-state index contributed by atoms with van der Waals surface area (Å²) in [6.07, 6.45) is 36.2. The van der Waals surface area contributed by atoms with E-state index in [1.54, 1.807) is 24.3 Å². The SMILES string of the molecule is CCCCCCCCCCCCCCCOc1ccc(C(=O)Oc2ccc([C@]3(C)CC[C@@](C)(c4ccc(-c5ccc(OCCCCCCCCCCCCCCC)cc5)cc4)N3[O])cc2)cc1. The molecule has 1 aliphatic rings. The van der Waals surface area contributed by atoms with Crippen LogP contribution in [-0.4, -0.2) is 24.2 Å². The number of hydrogen-bond acceptors (Lipinski definition) is 5. The fourth-order valence-corrected chi connectivity index (χ4v) is 9.88. The first kappa shape index (κ1) is 53.8. The van der Waals surface area contributed by atoms with Crippen LogP contribution in [0.3, 0.4) is 0 Å². The van der Waals surface area contributed by atoms with Crippen LogP contribution in [0.1, 0.15) is 229 Å². The third-order valence-corrected chi connectivity index (χ3v) is 14.5. The van der Waals surface area contributed by atoms with Crippen LogP contribution in [0.4, 0.5) is 0 Å². The van der Waals surface area contributed by atoms with Gasteiger partial charge in [-0.25, -0.2) is 4.79 Å². The van der Waals surface area contributed by atoms with Crippen LogP contribution in [0, 0.1) is 0 Å². The maximum atomic E-state index is 14.3. The summed E-state index contributed by atoms with van der Waals surface area (Å²) in [5, 5.41) is 15.5. The molecule has 1 aliphatic heterocycles. The van der Waals surface area contributed by atoms with Gasteiger partial charge in [0.05, 0.1) is 29.9 Å². The first-order valence-electron chi connectivity index (χ1n) is 27.1. The molecule has 1 fully saturated rings. The maximum Gasteiger partial charge on any atom is 0.343 e. The fourth-order valence-electron chi connectivity index (χ4n) is 9.88. The molecule has 1 saturated heterocycles. The second-order valence-electron chi connectivity index (χ2n) is 20.1. The van der Waals surface area contributed by atoms with Gasteiger partial charge in [0, 0.05) is 0 Å². The van der Waals surface area contributed by atoms with E-state index in [4.69, 9.17) is 14.2 Å². The molecule has 4 aromatic carbocycles. The monoisotopic (exact) mass is 915 g/mol. The summed E-state index contributed by atoms with van der Waals surface area (Å²) in [6.45, 7) is 10.1. The van der Waals surface area contributed by atoms with Crippen LogP contribution >= 0.6 is 0 Å². The number of benzene rings is 4. The van der Waals surface area contributed by atoms with Crippen LogP contribution in [0.25, 0.3) is 11.1 Å². The molecule has 0 N–H and O–H groups in total. The van der Waals surface area contributed by atoms with E-state index >= 15 is 0 Å². The normalized spacial score (nSPS) is 17.2. The van der Waals surface area contributed by atoms with E-state index in [9.17, 15) is 10.0 Å². The molecule has 4 aromatic rings. The number of hydrogen-bond donors (Lipinski definition) is 0. The van der Waals surface area contributed by atoms with Crippen LogP contribution < -0.4 is 14.2 Å². The van der Waals surface area contributed by atoms with Crippen molar-refractivity contribution in [2.45, 2.75) is 219 Å². The minimum atomic E-state index is -0.721. The molecule has 0 aliphatic carbocycles. The van der Waals surface area contributed by atoms with E-state index in [2.05, 4.69) is 69.3 Å². The van der Waals surface area contributed by atoms with Gasteiger partial charge >= 0.3 is 5.97 Å². The van der Waals surface area contributed by atoms with Crippen molar-refractivity contribution in [2.75, 3.05) is 13.2 Å². The predicted octanol–water partition coefficient (Wildman–Crippen LogP) is 18.1. The Morgan fingerprint density at radius 3 is 1.09 bits per heavy atom. The van der Waals surface area contributed by atoms with Crippen molar-refractivity contribution in [3.05, 3.63) is 114 Å². The number of carbonyl (C=O) groups is 1. The summed E-state index contributed by atoms with van der Waals surface area (Å²) in [4.78, 5) is 13.0. The Morgan fingerprint density at radius 2 is 0.716 bits per heavy atom. The van der Waals surface area contributed by atoms with Crippen LogP contribution in [-0.2, 0) is 16.3 Å². The summed E-state index contributed by atoms with van der Waals surface area (Å²) in [6, 6.07) is 31.4. The Hall–Kier alpha value is -4.13. The third kappa shape index (κ3) is 18.0. The fraction of sp³-hybridized carbons (Fsp3) is 0.590. The highest BCUT2D eigenvalue weighted by atomic mass is 16.5. The number of rotatable bonds is 35. The quantitative estimate of drug-likeness (QED) is 0.0261. The number of hydroxylamine groups is 2. The molecule has 6 nitrogen and oxygen atoms in total. The number of unbranched alkanes of at least 4 members (excludes halogenated alkanes) is 24. The van der Waals surface area contributed by atoms with E-state index in [-0.39, 0.29) is 0 Å². The smallest absolute Gasteiger partial charge is 0.343 e. The maximum absolute atomic E-state index is 14.3.